The van der Waals surface area contributed by atoms with Gasteiger partial charge in [0.15, 0.2) is 10.9 Å². The molecule has 0 atom stereocenters. The quantitative estimate of drug-likeness (QED) is 0.289. The molecule has 2 aromatic heterocycles. The first kappa shape index (κ1) is 21.4. The molecule has 0 saturated carbocycles. The number of amides is 2. The van der Waals surface area contributed by atoms with Crippen molar-refractivity contribution in [2.75, 3.05) is 16.4 Å². The van der Waals surface area contributed by atoms with Crippen molar-refractivity contribution < 1.29 is 14.0 Å². The molecule has 31 heavy (non-hydrogen) atoms. The van der Waals surface area contributed by atoms with Gasteiger partial charge in [-0.2, -0.15) is 0 Å². The number of thiazole rings is 1. The lowest BCUT2D eigenvalue weighted by atomic mass is 10.2. The zero-order valence-corrected chi connectivity index (χ0v) is 19.2. The van der Waals surface area contributed by atoms with Crippen LogP contribution in [0, 0.1) is 0 Å². The standard InChI is InChI=1S/C22H16BrN3O3S2/c23-15-8-6-14(7-9-15)18-12-31-22(25-18)26-20(27)13-30-17-4-1-3-16(11-17)24-21(28)19-5-2-10-29-19/h1-12H,13H2,(H,24,28)(H,25,26,27). The predicted molar refractivity (Wildman–Crippen MR) is 128 cm³/mol. The van der Waals surface area contributed by atoms with E-state index in [1.807, 2.05) is 47.8 Å². The molecular formula is C22H16BrN3O3S2. The van der Waals surface area contributed by atoms with E-state index in [2.05, 4.69) is 31.5 Å². The second-order valence-corrected chi connectivity index (χ2v) is 9.16. The van der Waals surface area contributed by atoms with Gasteiger partial charge in [-0.25, -0.2) is 4.98 Å². The molecule has 0 fully saturated rings. The summed E-state index contributed by atoms with van der Waals surface area (Å²) in [5, 5.41) is 8.08. The number of thioether (sulfide) groups is 1. The zero-order valence-electron chi connectivity index (χ0n) is 16.0. The van der Waals surface area contributed by atoms with Gasteiger partial charge in [0.05, 0.1) is 17.7 Å². The predicted octanol–water partition coefficient (Wildman–Crippen LogP) is 6.15. The highest BCUT2D eigenvalue weighted by molar-refractivity contribution is 9.10. The summed E-state index contributed by atoms with van der Waals surface area (Å²) in [7, 11) is 0. The van der Waals surface area contributed by atoms with E-state index in [9.17, 15) is 9.59 Å². The molecule has 9 heteroatoms. The van der Waals surface area contributed by atoms with Crippen LogP contribution in [-0.2, 0) is 4.79 Å². The number of carbonyl (C=O) groups is 2. The summed E-state index contributed by atoms with van der Waals surface area (Å²) < 4.78 is 6.09. The van der Waals surface area contributed by atoms with Crippen molar-refractivity contribution in [3.05, 3.63) is 82.5 Å². The topological polar surface area (TPSA) is 84.2 Å². The highest BCUT2D eigenvalue weighted by Gasteiger charge is 2.11. The number of aromatic nitrogens is 1. The van der Waals surface area contributed by atoms with Gasteiger partial charge in [-0.3, -0.25) is 9.59 Å². The van der Waals surface area contributed by atoms with Crippen LogP contribution in [0.3, 0.4) is 0 Å². The number of carbonyl (C=O) groups excluding carboxylic acids is 2. The molecule has 0 saturated heterocycles. The average molecular weight is 514 g/mol. The molecule has 2 amide bonds. The van der Waals surface area contributed by atoms with E-state index in [0.717, 1.165) is 20.6 Å². The first-order chi connectivity index (χ1) is 15.1. The van der Waals surface area contributed by atoms with Crippen LogP contribution in [0.4, 0.5) is 10.8 Å². The molecule has 0 spiro atoms. The number of nitrogens with one attached hydrogen (secondary N) is 2. The molecule has 6 nitrogen and oxygen atoms in total. The summed E-state index contributed by atoms with van der Waals surface area (Å²) in [6.07, 6.45) is 1.45. The Morgan fingerprint density at radius 1 is 1.06 bits per heavy atom. The summed E-state index contributed by atoms with van der Waals surface area (Å²) >= 11 is 6.18. The Morgan fingerprint density at radius 2 is 1.90 bits per heavy atom. The normalized spacial score (nSPS) is 10.6. The van der Waals surface area contributed by atoms with E-state index in [1.54, 1.807) is 18.2 Å². The third kappa shape index (κ3) is 5.84. The van der Waals surface area contributed by atoms with E-state index < -0.39 is 0 Å². The Kier molecular flexibility index (Phi) is 6.86. The first-order valence-corrected chi connectivity index (χ1v) is 11.8. The van der Waals surface area contributed by atoms with Crippen LogP contribution >= 0.6 is 39.0 Å². The molecule has 4 rings (SSSR count). The molecule has 0 unspecified atom stereocenters. The minimum atomic E-state index is -0.324. The van der Waals surface area contributed by atoms with Crippen molar-refractivity contribution in [1.29, 1.82) is 0 Å². The van der Waals surface area contributed by atoms with Gasteiger partial charge >= 0.3 is 0 Å². The van der Waals surface area contributed by atoms with Crippen LogP contribution in [0.2, 0.25) is 0 Å². The molecule has 0 aliphatic heterocycles. The van der Waals surface area contributed by atoms with Crippen molar-refractivity contribution in [3.8, 4) is 11.3 Å². The average Bonchev–Trinajstić information content (AvgIpc) is 3.46. The summed E-state index contributed by atoms with van der Waals surface area (Å²) in [5.74, 6) is -0.00617. The monoisotopic (exact) mass is 513 g/mol. The molecule has 156 valence electrons. The number of anilines is 2. The van der Waals surface area contributed by atoms with Crippen LogP contribution in [0.5, 0.6) is 0 Å². The fraction of sp³-hybridized carbons (Fsp3) is 0.0455. The van der Waals surface area contributed by atoms with E-state index in [4.69, 9.17) is 4.42 Å². The Bertz CT molecular complexity index is 1190. The van der Waals surface area contributed by atoms with Gasteiger partial charge in [0.1, 0.15) is 0 Å². The minimum Gasteiger partial charge on any atom is -0.459 e. The molecule has 2 aromatic carbocycles. The number of rotatable bonds is 7. The first-order valence-electron chi connectivity index (χ1n) is 9.16. The van der Waals surface area contributed by atoms with Crippen molar-refractivity contribution in [1.82, 2.24) is 4.98 Å². The summed E-state index contributed by atoms with van der Waals surface area (Å²) in [4.78, 5) is 29.8. The van der Waals surface area contributed by atoms with Crippen molar-refractivity contribution in [3.63, 3.8) is 0 Å². The van der Waals surface area contributed by atoms with Gasteiger partial charge in [-0.1, -0.05) is 34.1 Å². The summed E-state index contributed by atoms with van der Waals surface area (Å²) in [6.45, 7) is 0. The largest absolute Gasteiger partial charge is 0.459 e. The van der Waals surface area contributed by atoms with E-state index in [0.29, 0.717) is 10.8 Å². The molecule has 0 aliphatic carbocycles. The molecular weight excluding hydrogens is 498 g/mol. The lowest BCUT2D eigenvalue weighted by Crippen LogP contribution is -2.14. The molecule has 0 radical (unpaired) electrons. The third-order valence-corrected chi connectivity index (χ3v) is 6.38. The van der Waals surface area contributed by atoms with E-state index in [-0.39, 0.29) is 23.3 Å². The maximum atomic E-state index is 12.3. The SMILES string of the molecule is O=C(CSc1cccc(NC(=O)c2ccco2)c1)Nc1nc(-c2ccc(Br)cc2)cs1. The van der Waals surface area contributed by atoms with Gasteiger partial charge < -0.3 is 15.1 Å². The number of nitrogens with zero attached hydrogens (tertiary/aromatic N) is 1. The number of benzene rings is 2. The van der Waals surface area contributed by atoms with Crippen LogP contribution in [-0.4, -0.2) is 22.6 Å². The van der Waals surface area contributed by atoms with Gasteiger partial charge in [0.2, 0.25) is 5.91 Å². The maximum absolute atomic E-state index is 12.3. The second-order valence-electron chi connectivity index (χ2n) is 6.34. The van der Waals surface area contributed by atoms with E-state index in [1.165, 1.54) is 29.4 Å². The highest BCUT2D eigenvalue weighted by Crippen LogP contribution is 2.27. The lowest BCUT2D eigenvalue weighted by molar-refractivity contribution is -0.113. The van der Waals surface area contributed by atoms with Gasteiger partial charge in [-0.05, 0) is 42.5 Å². The van der Waals surface area contributed by atoms with Crippen LogP contribution < -0.4 is 10.6 Å². The number of hydrogen-bond donors (Lipinski definition) is 2. The Hall–Kier alpha value is -2.88. The smallest absolute Gasteiger partial charge is 0.291 e. The van der Waals surface area contributed by atoms with Crippen molar-refractivity contribution >= 4 is 61.7 Å². The second kappa shape index (κ2) is 9.95. The minimum absolute atomic E-state index is 0.147. The van der Waals surface area contributed by atoms with Crippen LogP contribution in [0.1, 0.15) is 10.6 Å². The number of hydrogen-bond acceptors (Lipinski definition) is 6. The Morgan fingerprint density at radius 3 is 2.68 bits per heavy atom. The van der Waals surface area contributed by atoms with Gasteiger partial charge in [-0.15, -0.1) is 23.1 Å². The molecule has 0 aliphatic rings. The van der Waals surface area contributed by atoms with Crippen molar-refractivity contribution in [2.24, 2.45) is 0 Å². The van der Waals surface area contributed by atoms with Gasteiger partial charge in [0, 0.05) is 26.0 Å². The number of halogens is 1. The maximum Gasteiger partial charge on any atom is 0.291 e. The molecule has 0 bridgehead atoms. The highest BCUT2D eigenvalue weighted by atomic mass is 79.9. The Balaban J connectivity index is 1.31. The summed E-state index contributed by atoms with van der Waals surface area (Å²) in [5.41, 5.74) is 2.44. The Labute approximate surface area is 195 Å². The fourth-order valence-corrected chi connectivity index (χ4v) is 4.41. The fourth-order valence-electron chi connectivity index (χ4n) is 2.65. The van der Waals surface area contributed by atoms with Crippen LogP contribution in [0.15, 0.2) is 86.1 Å². The van der Waals surface area contributed by atoms with E-state index >= 15 is 0 Å². The molecule has 2 heterocycles. The number of furan rings is 1. The zero-order chi connectivity index (χ0) is 21.6. The van der Waals surface area contributed by atoms with Crippen LogP contribution in [0.25, 0.3) is 11.3 Å². The molecule has 2 N–H and O–H groups in total. The van der Waals surface area contributed by atoms with Crippen molar-refractivity contribution in [2.45, 2.75) is 4.90 Å². The molecule has 4 aromatic rings. The summed E-state index contributed by atoms with van der Waals surface area (Å²) in [6, 6.07) is 18.4. The van der Waals surface area contributed by atoms with Gasteiger partial charge in [0.25, 0.3) is 5.91 Å². The third-order valence-electron chi connectivity index (χ3n) is 4.10. The lowest BCUT2D eigenvalue weighted by Gasteiger charge is -2.06.